The van der Waals surface area contributed by atoms with Gasteiger partial charge in [0, 0.05) is 0 Å². The summed E-state index contributed by atoms with van der Waals surface area (Å²) in [5, 5.41) is 10.1. The van der Waals surface area contributed by atoms with Gasteiger partial charge in [-0.25, -0.2) is 0 Å². The van der Waals surface area contributed by atoms with Crippen molar-refractivity contribution in [2.24, 2.45) is 10.8 Å². The van der Waals surface area contributed by atoms with Crippen molar-refractivity contribution in [3.05, 3.63) is 47.5 Å². The van der Waals surface area contributed by atoms with Gasteiger partial charge in [-0.3, -0.25) is 0 Å². The van der Waals surface area contributed by atoms with E-state index >= 15 is 0 Å². The van der Waals surface area contributed by atoms with Crippen LogP contribution in [0.1, 0.15) is 91.2 Å². The third-order valence-electron chi connectivity index (χ3n) is 6.74. The van der Waals surface area contributed by atoms with E-state index in [4.69, 9.17) is 14.2 Å². The number of hydrogen-bond acceptors (Lipinski definition) is 4. The molecular formula is C30H46O4. The maximum absolute atomic E-state index is 10.1. The molecule has 1 atom stereocenters. The van der Waals surface area contributed by atoms with Crippen LogP contribution in [0.2, 0.25) is 0 Å². The SMILES string of the molecule is COc1cc(C(C)(C)CC(C)(C)CCC(CC(C)(C)C)c2cccc(O)c2)cc(OC)c1OC. The van der Waals surface area contributed by atoms with Crippen molar-refractivity contribution in [3.63, 3.8) is 0 Å². The van der Waals surface area contributed by atoms with E-state index in [1.54, 1.807) is 27.4 Å². The first-order chi connectivity index (χ1) is 15.7. The molecule has 0 spiro atoms. The lowest BCUT2D eigenvalue weighted by Crippen LogP contribution is -2.27. The second-order valence-electron chi connectivity index (χ2n) is 12.2. The predicted molar refractivity (Wildman–Crippen MR) is 142 cm³/mol. The van der Waals surface area contributed by atoms with Gasteiger partial charge in [-0.2, -0.15) is 0 Å². The Kier molecular flexibility index (Phi) is 8.96. The normalized spacial score (nSPS) is 13.5. The smallest absolute Gasteiger partial charge is 0.203 e. The first-order valence-corrected chi connectivity index (χ1v) is 12.3. The zero-order valence-electron chi connectivity index (χ0n) is 23.0. The van der Waals surface area contributed by atoms with Crippen molar-refractivity contribution in [1.29, 1.82) is 0 Å². The summed E-state index contributed by atoms with van der Waals surface area (Å²) in [5.74, 6) is 2.77. The summed E-state index contributed by atoms with van der Waals surface area (Å²) in [4.78, 5) is 0. The number of hydrogen-bond donors (Lipinski definition) is 1. The number of phenolic OH excluding ortho intramolecular Hbond substituents is 1. The molecular weight excluding hydrogens is 424 g/mol. The molecule has 2 aromatic rings. The number of phenols is 1. The van der Waals surface area contributed by atoms with E-state index in [0.29, 0.717) is 28.9 Å². The maximum atomic E-state index is 10.1. The number of ether oxygens (including phenoxy) is 3. The molecule has 0 amide bonds. The Hall–Kier alpha value is -2.36. The van der Waals surface area contributed by atoms with E-state index < -0.39 is 0 Å². The number of aromatic hydroxyl groups is 1. The average molecular weight is 471 g/mol. The van der Waals surface area contributed by atoms with E-state index in [0.717, 1.165) is 25.7 Å². The fourth-order valence-electron chi connectivity index (χ4n) is 5.33. The fourth-order valence-corrected chi connectivity index (χ4v) is 5.33. The lowest BCUT2D eigenvalue weighted by atomic mass is 9.68. The molecule has 0 radical (unpaired) electrons. The van der Waals surface area contributed by atoms with Crippen molar-refractivity contribution in [1.82, 2.24) is 0 Å². The Morgan fingerprint density at radius 1 is 0.824 bits per heavy atom. The van der Waals surface area contributed by atoms with Crippen LogP contribution in [0.15, 0.2) is 36.4 Å². The van der Waals surface area contributed by atoms with Crippen LogP contribution in [0.5, 0.6) is 23.0 Å². The minimum atomic E-state index is -0.0825. The summed E-state index contributed by atoms with van der Waals surface area (Å²) in [6.07, 6.45) is 4.28. The molecule has 190 valence electrons. The van der Waals surface area contributed by atoms with E-state index in [-0.39, 0.29) is 16.2 Å². The van der Waals surface area contributed by atoms with Gasteiger partial charge >= 0.3 is 0 Å². The monoisotopic (exact) mass is 470 g/mol. The van der Waals surface area contributed by atoms with Crippen molar-refractivity contribution < 1.29 is 19.3 Å². The molecule has 34 heavy (non-hydrogen) atoms. The molecule has 0 saturated heterocycles. The van der Waals surface area contributed by atoms with Gasteiger partial charge in [0.1, 0.15) is 5.75 Å². The van der Waals surface area contributed by atoms with Gasteiger partial charge in [0.05, 0.1) is 21.3 Å². The number of benzene rings is 2. The van der Waals surface area contributed by atoms with E-state index in [2.05, 4.69) is 66.7 Å². The molecule has 2 aromatic carbocycles. The van der Waals surface area contributed by atoms with Crippen LogP contribution in [0.4, 0.5) is 0 Å². The summed E-state index contributed by atoms with van der Waals surface area (Å²) in [6, 6.07) is 12.0. The molecule has 0 aliphatic carbocycles. The molecule has 0 aliphatic heterocycles. The Morgan fingerprint density at radius 2 is 1.41 bits per heavy atom. The standard InChI is InChI=1S/C30H46O4/c1-28(2,3)19-22(21-12-11-13-24(31)16-21)14-15-29(4,5)20-30(6,7)23-17-25(32-8)27(34-10)26(18-23)33-9/h11-13,16-18,22,31H,14-15,19-20H2,1-10H3. The van der Waals surface area contributed by atoms with Crippen molar-refractivity contribution in [2.75, 3.05) is 21.3 Å². The molecule has 0 heterocycles. The second-order valence-corrected chi connectivity index (χ2v) is 12.2. The first-order valence-electron chi connectivity index (χ1n) is 12.3. The van der Waals surface area contributed by atoms with Crippen LogP contribution in [0.3, 0.4) is 0 Å². The molecule has 1 unspecified atom stereocenters. The highest BCUT2D eigenvalue weighted by Crippen LogP contribution is 2.46. The van der Waals surface area contributed by atoms with Crippen LogP contribution < -0.4 is 14.2 Å². The van der Waals surface area contributed by atoms with Crippen LogP contribution in [0, 0.1) is 10.8 Å². The average Bonchev–Trinajstić information content (AvgIpc) is 2.74. The van der Waals surface area contributed by atoms with Gasteiger partial charge in [-0.15, -0.1) is 0 Å². The van der Waals surface area contributed by atoms with E-state index in [1.165, 1.54) is 11.1 Å². The van der Waals surface area contributed by atoms with Gasteiger partial charge in [0.2, 0.25) is 5.75 Å². The molecule has 4 heteroatoms. The minimum absolute atomic E-state index is 0.0825. The first kappa shape index (κ1) is 27.9. The van der Waals surface area contributed by atoms with Crippen molar-refractivity contribution in [3.8, 4) is 23.0 Å². The summed E-state index contributed by atoms with van der Waals surface area (Å²) < 4.78 is 16.7. The minimum Gasteiger partial charge on any atom is -0.508 e. The highest BCUT2D eigenvalue weighted by molar-refractivity contribution is 5.55. The molecule has 1 N–H and O–H groups in total. The van der Waals surface area contributed by atoms with E-state index in [9.17, 15) is 5.11 Å². The molecule has 0 aromatic heterocycles. The zero-order chi connectivity index (χ0) is 25.7. The van der Waals surface area contributed by atoms with Crippen LogP contribution >= 0.6 is 0 Å². The summed E-state index contributed by atoms with van der Waals surface area (Å²) in [5.41, 5.74) is 2.66. The molecule has 0 bridgehead atoms. The molecule has 0 saturated carbocycles. The largest absolute Gasteiger partial charge is 0.508 e. The zero-order valence-corrected chi connectivity index (χ0v) is 23.0. The highest BCUT2D eigenvalue weighted by atomic mass is 16.5. The Bertz CT molecular complexity index is 912. The van der Waals surface area contributed by atoms with Crippen molar-refractivity contribution >= 4 is 0 Å². The fraction of sp³-hybridized carbons (Fsp3) is 0.600. The Morgan fingerprint density at radius 3 is 1.88 bits per heavy atom. The van der Waals surface area contributed by atoms with Crippen LogP contribution in [-0.2, 0) is 5.41 Å². The third kappa shape index (κ3) is 7.58. The van der Waals surface area contributed by atoms with Gasteiger partial charge in [-0.1, -0.05) is 60.6 Å². The summed E-state index contributed by atoms with van der Waals surface area (Å²) >= 11 is 0. The lowest BCUT2D eigenvalue weighted by molar-refractivity contribution is 0.217. The topological polar surface area (TPSA) is 47.9 Å². The summed E-state index contributed by atoms with van der Waals surface area (Å²) in [7, 11) is 4.96. The predicted octanol–water partition coefficient (Wildman–Crippen LogP) is 8.11. The Balaban J connectivity index is 2.25. The molecule has 4 nitrogen and oxygen atoms in total. The van der Waals surface area contributed by atoms with Crippen LogP contribution in [0.25, 0.3) is 0 Å². The van der Waals surface area contributed by atoms with Gasteiger partial charge in [-0.05, 0) is 83.2 Å². The Labute approximate surface area is 207 Å². The quantitative estimate of drug-likeness (QED) is 0.360. The maximum Gasteiger partial charge on any atom is 0.203 e. The highest BCUT2D eigenvalue weighted by Gasteiger charge is 2.33. The van der Waals surface area contributed by atoms with Gasteiger partial charge < -0.3 is 19.3 Å². The summed E-state index contributed by atoms with van der Waals surface area (Å²) in [6.45, 7) is 16.2. The van der Waals surface area contributed by atoms with Crippen molar-refractivity contribution in [2.45, 2.75) is 85.5 Å². The van der Waals surface area contributed by atoms with E-state index in [1.807, 2.05) is 12.1 Å². The lowest BCUT2D eigenvalue weighted by Gasteiger charge is -2.37. The van der Waals surface area contributed by atoms with Gasteiger partial charge in [0.25, 0.3) is 0 Å². The van der Waals surface area contributed by atoms with Crippen LogP contribution in [-0.4, -0.2) is 26.4 Å². The number of methoxy groups -OCH3 is 3. The molecule has 0 fully saturated rings. The third-order valence-corrected chi connectivity index (χ3v) is 6.74. The number of rotatable bonds is 11. The molecule has 0 aliphatic rings. The molecule has 2 rings (SSSR count). The van der Waals surface area contributed by atoms with Gasteiger partial charge in [0.15, 0.2) is 11.5 Å². The second kappa shape index (κ2) is 10.9.